The highest BCUT2D eigenvalue weighted by atomic mass is 35.5. The third-order valence-electron chi connectivity index (χ3n) is 3.18. The maximum Gasteiger partial charge on any atom is 0.325 e. The highest BCUT2D eigenvalue weighted by Gasteiger charge is 2.14. The largest absolute Gasteiger partial charge is 0.489 e. The Balaban J connectivity index is 0.00000364. The molecule has 0 radical (unpaired) electrons. The van der Waals surface area contributed by atoms with Crippen LogP contribution < -0.4 is 21.1 Å². The highest BCUT2D eigenvalue weighted by Crippen LogP contribution is 2.32. The van der Waals surface area contributed by atoms with Crippen LogP contribution in [0.5, 0.6) is 5.75 Å². The number of nitrogens with one attached hydrogen (secondary N) is 2. The summed E-state index contributed by atoms with van der Waals surface area (Å²) in [6, 6.07) is 4.70. The van der Waals surface area contributed by atoms with Crippen LogP contribution in [0.25, 0.3) is 0 Å². The van der Waals surface area contributed by atoms with Gasteiger partial charge in [-0.15, -0.1) is 12.4 Å². The molecule has 1 aromatic carbocycles. The summed E-state index contributed by atoms with van der Waals surface area (Å²) < 4.78 is 5.76. The minimum absolute atomic E-state index is 0. The van der Waals surface area contributed by atoms with E-state index in [-0.39, 0.29) is 30.0 Å². The van der Waals surface area contributed by atoms with E-state index in [0.29, 0.717) is 29.4 Å². The van der Waals surface area contributed by atoms with E-state index in [0.717, 1.165) is 5.56 Å². The molecule has 1 heterocycles. The Morgan fingerprint density at radius 2 is 2.07 bits per heavy atom. The fourth-order valence-corrected chi connectivity index (χ4v) is 2.37. The van der Waals surface area contributed by atoms with E-state index in [1.807, 2.05) is 19.9 Å². The van der Waals surface area contributed by atoms with E-state index in [4.69, 9.17) is 27.3 Å². The van der Waals surface area contributed by atoms with Gasteiger partial charge in [-0.05, 0) is 44.5 Å². The van der Waals surface area contributed by atoms with E-state index in [1.54, 1.807) is 12.1 Å². The lowest BCUT2D eigenvalue weighted by Crippen LogP contribution is -2.21. The number of carbonyl (C=O) groups excluding carboxylic acids is 1. The molecule has 144 valence electrons. The number of hydrogen-bond acceptors (Lipinski definition) is 6. The van der Waals surface area contributed by atoms with Gasteiger partial charge < -0.3 is 15.8 Å². The lowest BCUT2D eigenvalue weighted by atomic mass is 10.1. The minimum Gasteiger partial charge on any atom is -0.489 e. The second-order valence-electron chi connectivity index (χ2n) is 5.62. The molecular weight excluding hydrogens is 391 g/mol. The molecule has 8 nitrogen and oxygen atoms in total. The Kier molecular flexibility index (Phi) is 8.75. The van der Waals surface area contributed by atoms with Crippen molar-refractivity contribution >= 4 is 41.5 Å². The van der Waals surface area contributed by atoms with Crippen molar-refractivity contribution < 1.29 is 9.53 Å². The van der Waals surface area contributed by atoms with Crippen molar-refractivity contribution in [2.75, 3.05) is 17.2 Å². The summed E-state index contributed by atoms with van der Waals surface area (Å²) in [6.45, 7) is 4.21. The molecular formula is C17H20Cl2N6O2. The second kappa shape index (κ2) is 10.5. The maximum atomic E-state index is 12.2. The van der Waals surface area contributed by atoms with Gasteiger partial charge in [0.2, 0.25) is 0 Å². The van der Waals surface area contributed by atoms with Gasteiger partial charge in [0.15, 0.2) is 11.5 Å². The average Bonchev–Trinajstić information content (AvgIpc) is 2.59. The van der Waals surface area contributed by atoms with Crippen LogP contribution in [-0.4, -0.2) is 28.6 Å². The zero-order chi connectivity index (χ0) is 19.1. The van der Waals surface area contributed by atoms with E-state index in [2.05, 4.69) is 20.6 Å². The Morgan fingerprint density at radius 3 is 2.63 bits per heavy atom. The van der Waals surface area contributed by atoms with E-state index in [1.165, 1.54) is 12.4 Å². The molecule has 1 aromatic heterocycles. The first-order valence-electron chi connectivity index (χ1n) is 7.92. The van der Waals surface area contributed by atoms with Crippen LogP contribution in [0.3, 0.4) is 0 Å². The number of nitrogens with two attached hydrogens (primary N) is 1. The molecule has 0 aliphatic rings. The molecule has 0 saturated heterocycles. The second-order valence-corrected chi connectivity index (χ2v) is 6.03. The molecule has 0 spiro atoms. The van der Waals surface area contributed by atoms with Gasteiger partial charge in [-0.25, -0.2) is 14.8 Å². The van der Waals surface area contributed by atoms with Crippen molar-refractivity contribution in [1.82, 2.24) is 9.97 Å². The number of benzene rings is 1. The maximum absolute atomic E-state index is 12.2. The Morgan fingerprint density at radius 1 is 1.33 bits per heavy atom. The first-order valence-corrected chi connectivity index (χ1v) is 8.30. The van der Waals surface area contributed by atoms with E-state index >= 15 is 0 Å². The predicted octanol–water partition coefficient (Wildman–Crippen LogP) is 3.36. The quantitative estimate of drug-likeness (QED) is 0.669. The monoisotopic (exact) mass is 410 g/mol. The topological polar surface area (TPSA) is 126 Å². The van der Waals surface area contributed by atoms with Crippen molar-refractivity contribution in [2.24, 2.45) is 5.73 Å². The van der Waals surface area contributed by atoms with Gasteiger partial charge in [0.25, 0.3) is 0 Å². The number of hydrogen-bond donors (Lipinski definition) is 3. The molecule has 0 aliphatic heterocycles. The molecule has 27 heavy (non-hydrogen) atoms. The first-order chi connectivity index (χ1) is 12.4. The minimum atomic E-state index is -0.541. The Hall–Kier alpha value is -2.60. The summed E-state index contributed by atoms with van der Waals surface area (Å²) >= 11 is 6.26. The molecule has 2 rings (SSSR count). The van der Waals surface area contributed by atoms with Crippen LogP contribution in [0.4, 0.5) is 16.3 Å². The lowest BCUT2D eigenvalue weighted by Gasteiger charge is -2.17. The Bertz CT molecular complexity index is 821. The van der Waals surface area contributed by atoms with Crippen molar-refractivity contribution in [1.29, 1.82) is 5.26 Å². The zero-order valence-corrected chi connectivity index (χ0v) is 16.4. The number of ether oxygens (including phenoxy) is 1. The molecule has 0 aliphatic carbocycles. The van der Waals surface area contributed by atoms with Crippen LogP contribution in [0.2, 0.25) is 5.02 Å². The number of amides is 2. The Labute approximate surface area is 168 Å². The van der Waals surface area contributed by atoms with Gasteiger partial charge in [0.1, 0.15) is 11.8 Å². The molecule has 4 N–H and O–H groups in total. The lowest BCUT2D eigenvalue weighted by molar-refractivity contribution is 0.242. The summed E-state index contributed by atoms with van der Waals surface area (Å²) in [4.78, 5) is 20.0. The summed E-state index contributed by atoms with van der Waals surface area (Å²) in [5, 5.41) is 14.4. The summed E-state index contributed by atoms with van der Waals surface area (Å²) in [5.41, 5.74) is 7.01. The van der Waals surface area contributed by atoms with Gasteiger partial charge in [-0.2, -0.15) is 5.26 Å². The first kappa shape index (κ1) is 22.4. The van der Waals surface area contributed by atoms with Gasteiger partial charge in [0.05, 0.1) is 24.2 Å². The van der Waals surface area contributed by atoms with Crippen LogP contribution >= 0.6 is 24.0 Å². The molecule has 2 aromatic rings. The molecule has 0 saturated carbocycles. The number of anilines is 2. The van der Waals surface area contributed by atoms with Crippen molar-refractivity contribution in [2.45, 2.75) is 26.4 Å². The number of rotatable bonds is 6. The van der Waals surface area contributed by atoms with Gasteiger partial charge in [-0.3, -0.25) is 5.32 Å². The molecule has 2 amide bonds. The summed E-state index contributed by atoms with van der Waals surface area (Å²) in [6.07, 6.45) is 3.07. The number of halogens is 2. The average molecular weight is 411 g/mol. The van der Waals surface area contributed by atoms with Crippen molar-refractivity contribution in [3.05, 3.63) is 40.8 Å². The molecule has 0 unspecified atom stereocenters. The smallest absolute Gasteiger partial charge is 0.325 e. The van der Waals surface area contributed by atoms with Crippen LogP contribution in [0, 0.1) is 11.3 Å². The van der Waals surface area contributed by atoms with Gasteiger partial charge in [0, 0.05) is 5.02 Å². The number of aromatic nitrogens is 2. The van der Waals surface area contributed by atoms with E-state index < -0.39 is 6.03 Å². The molecule has 10 heteroatoms. The number of nitrogens with zero attached hydrogens (tertiary/aromatic N) is 3. The summed E-state index contributed by atoms with van der Waals surface area (Å²) in [5.74, 6) is 0.701. The fourth-order valence-electron chi connectivity index (χ4n) is 2.11. The SMILES string of the molecule is CC(C)Oc1cc(CCN)c(Cl)cc1NC(=O)Nc1cnc(C#N)cn1.Cl. The molecule has 0 bridgehead atoms. The van der Waals surface area contributed by atoms with Gasteiger partial charge in [-0.1, -0.05) is 11.6 Å². The van der Waals surface area contributed by atoms with Crippen molar-refractivity contribution in [3.8, 4) is 11.8 Å². The van der Waals surface area contributed by atoms with Gasteiger partial charge >= 0.3 is 6.03 Å². The van der Waals surface area contributed by atoms with Crippen molar-refractivity contribution in [3.63, 3.8) is 0 Å². The third-order valence-corrected chi connectivity index (χ3v) is 3.53. The van der Waals surface area contributed by atoms with E-state index in [9.17, 15) is 4.79 Å². The third kappa shape index (κ3) is 6.57. The summed E-state index contributed by atoms with van der Waals surface area (Å²) in [7, 11) is 0. The number of carbonyl (C=O) groups is 1. The molecule has 0 fully saturated rings. The van der Waals surface area contributed by atoms with Crippen LogP contribution in [-0.2, 0) is 6.42 Å². The highest BCUT2D eigenvalue weighted by molar-refractivity contribution is 6.31. The van der Waals surface area contributed by atoms with Crippen LogP contribution in [0.15, 0.2) is 24.5 Å². The number of nitriles is 1. The van der Waals surface area contributed by atoms with Crippen LogP contribution in [0.1, 0.15) is 25.1 Å². The normalized spacial score (nSPS) is 9.93. The zero-order valence-electron chi connectivity index (χ0n) is 14.8. The fraction of sp³-hybridized carbons (Fsp3) is 0.294. The predicted molar refractivity (Wildman–Crippen MR) is 107 cm³/mol. The molecule has 0 atom stereocenters. The standard InChI is InChI=1S/C17H19ClN6O2.ClH/c1-10(2)26-15-5-11(3-4-19)13(18)6-14(15)23-17(25)24-16-9-21-12(7-20)8-22-16;/h5-6,8-10H,3-4,19H2,1-2H3,(H2,22,23,24,25);1H. The number of urea groups is 1.